The SMILES string of the molecule is Cc1cc(C)n(Cc2cccc(C(=O)Nc3cc(C(N)=O)ccc3Cl)c2)n1. The summed E-state index contributed by atoms with van der Waals surface area (Å²) in [4.78, 5) is 23.9. The van der Waals surface area contributed by atoms with Gasteiger partial charge < -0.3 is 11.1 Å². The van der Waals surface area contributed by atoms with Gasteiger partial charge in [0.1, 0.15) is 0 Å². The summed E-state index contributed by atoms with van der Waals surface area (Å²) in [7, 11) is 0. The standard InChI is InChI=1S/C20H19ClN4O2/c1-12-8-13(2)25(24-12)11-14-4-3-5-16(9-14)20(27)23-18-10-15(19(22)26)6-7-17(18)21/h3-10H,11H2,1-2H3,(H2,22,26)(H,23,27). The number of hydrogen-bond donors (Lipinski definition) is 2. The topological polar surface area (TPSA) is 90.0 Å². The second-order valence-electron chi connectivity index (χ2n) is 6.30. The molecule has 0 spiro atoms. The predicted molar refractivity (Wildman–Crippen MR) is 105 cm³/mol. The van der Waals surface area contributed by atoms with E-state index < -0.39 is 5.91 Å². The largest absolute Gasteiger partial charge is 0.366 e. The van der Waals surface area contributed by atoms with E-state index >= 15 is 0 Å². The van der Waals surface area contributed by atoms with Crippen LogP contribution in [0.2, 0.25) is 5.02 Å². The monoisotopic (exact) mass is 382 g/mol. The van der Waals surface area contributed by atoms with Gasteiger partial charge in [0.2, 0.25) is 5.91 Å². The van der Waals surface area contributed by atoms with Crippen LogP contribution in [0.15, 0.2) is 48.5 Å². The zero-order valence-corrected chi connectivity index (χ0v) is 15.7. The van der Waals surface area contributed by atoms with E-state index in [0.717, 1.165) is 17.0 Å². The van der Waals surface area contributed by atoms with Gasteiger partial charge in [-0.2, -0.15) is 5.10 Å². The predicted octanol–water partition coefficient (Wildman–Crippen LogP) is 3.55. The van der Waals surface area contributed by atoms with Gasteiger partial charge in [-0.3, -0.25) is 14.3 Å². The molecule has 6 nitrogen and oxygen atoms in total. The molecular formula is C20H19ClN4O2. The van der Waals surface area contributed by atoms with Crippen molar-refractivity contribution in [3.8, 4) is 0 Å². The molecule has 1 aromatic heterocycles. The molecule has 2 amide bonds. The molecule has 3 N–H and O–H groups in total. The Labute approximate surface area is 161 Å². The van der Waals surface area contributed by atoms with Gasteiger partial charge in [-0.25, -0.2) is 0 Å². The van der Waals surface area contributed by atoms with Gasteiger partial charge in [0.15, 0.2) is 0 Å². The van der Waals surface area contributed by atoms with Crippen LogP contribution < -0.4 is 11.1 Å². The van der Waals surface area contributed by atoms with Crippen LogP contribution in [-0.2, 0) is 6.54 Å². The summed E-state index contributed by atoms with van der Waals surface area (Å²) in [6.07, 6.45) is 0. The van der Waals surface area contributed by atoms with Crippen molar-refractivity contribution >= 4 is 29.1 Å². The fraction of sp³-hybridized carbons (Fsp3) is 0.150. The Bertz CT molecular complexity index is 1030. The van der Waals surface area contributed by atoms with Crippen molar-refractivity contribution in [1.82, 2.24) is 9.78 Å². The molecule has 0 aliphatic heterocycles. The van der Waals surface area contributed by atoms with Crippen LogP contribution >= 0.6 is 11.6 Å². The second-order valence-corrected chi connectivity index (χ2v) is 6.71. The molecule has 3 aromatic rings. The van der Waals surface area contributed by atoms with Gasteiger partial charge in [0.25, 0.3) is 5.91 Å². The van der Waals surface area contributed by atoms with Crippen LogP contribution in [0, 0.1) is 13.8 Å². The fourth-order valence-electron chi connectivity index (χ4n) is 2.79. The molecule has 0 unspecified atom stereocenters. The Morgan fingerprint density at radius 1 is 1.11 bits per heavy atom. The van der Waals surface area contributed by atoms with Crippen LogP contribution in [0.5, 0.6) is 0 Å². The number of nitrogens with zero attached hydrogens (tertiary/aromatic N) is 2. The minimum absolute atomic E-state index is 0.271. The van der Waals surface area contributed by atoms with E-state index in [4.69, 9.17) is 17.3 Å². The van der Waals surface area contributed by atoms with Crippen LogP contribution in [0.4, 0.5) is 5.69 Å². The number of primary amides is 1. The molecule has 0 aliphatic rings. The normalized spacial score (nSPS) is 10.6. The fourth-order valence-corrected chi connectivity index (χ4v) is 2.95. The van der Waals surface area contributed by atoms with Gasteiger partial charge >= 0.3 is 0 Å². The molecule has 3 rings (SSSR count). The Hall–Kier alpha value is -3.12. The molecule has 0 saturated heterocycles. The molecule has 138 valence electrons. The lowest BCUT2D eigenvalue weighted by molar-refractivity contribution is 0.0996. The van der Waals surface area contributed by atoms with Crippen LogP contribution in [0.1, 0.15) is 37.7 Å². The number of hydrogen-bond acceptors (Lipinski definition) is 3. The summed E-state index contributed by atoms with van der Waals surface area (Å²) in [5.74, 6) is -0.914. The van der Waals surface area contributed by atoms with Crippen LogP contribution in [0.25, 0.3) is 0 Å². The molecule has 0 atom stereocenters. The van der Waals surface area contributed by atoms with E-state index in [-0.39, 0.29) is 11.5 Å². The maximum Gasteiger partial charge on any atom is 0.255 e. The highest BCUT2D eigenvalue weighted by atomic mass is 35.5. The van der Waals surface area contributed by atoms with Gasteiger partial charge in [0, 0.05) is 16.8 Å². The number of anilines is 1. The molecule has 7 heteroatoms. The zero-order chi connectivity index (χ0) is 19.6. The van der Waals surface area contributed by atoms with Crippen molar-refractivity contribution in [2.75, 3.05) is 5.32 Å². The van der Waals surface area contributed by atoms with Crippen molar-refractivity contribution in [2.24, 2.45) is 5.73 Å². The summed E-state index contributed by atoms with van der Waals surface area (Å²) in [5.41, 5.74) is 9.32. The highest BCUT2D eigenvalue weighted by molar-refractivity contribution is 6.34. The number of nitrogens with one attached hydrogen (secondary N) is 1. The highest BCUT2D eigenvalue weighted by Gasteiger charge is 2.12. The smallest absolute Gasteiger partial charge is 0.255 e. The van der Waals surface area contributed by atoms with Crippen molar-refractivity contribution in [3.63, 3.8) is 0 Å². The number of aryl methyl sites for hydroxylation is 2. The number of amides is 2. The summed E-state index contributed by atoms with van der Waals surface area (Å²) < 4.78 is 1.89. The minimum atomic E-state index is -0.589. The number of halogens is 1. The molecule has 0 bridgehead atoms. The molecular weight excluding hydrogens is 364 g/mol. The highest BCUT2D eigenvalue weighted by Crippen LogP contribution is 2.24. The minimum Gasteiger partial charge on any atom is -0.366 e. The molecule has 0 radical (unpaired) electrons. The molecule has 1 heterocycles. The lowest BCUT2D eigenvalue weighted by Crippen LogP contribution is -2.15. The van der Waals surface area contributed by atoms with E-state index in [0.29, 0.717) is 22.8 Å². The molecule has 0 fully saturated rings. The van der Waals surface area contributed by atoms with Crippen molar-refractivity contribution in [2.45, 2.75) is 20.4 Å². The Morgan fingerprint density at radius 2 is 1.89 bits per heavy atom. The second kappa shape index (κ2) is 7.63. The third kappa shape index (κ3) is 4.35. The number of rotatable bonds is 5. The van der Waals surface area contributed by atoms with Gasteiger partial charge in [0.05, 0.1) is 22.9 Å². The molecule has 0 saturated carbocycles. The quantitative estimate of drug-likeness (QED) is 0.707. The maximum atomic E-state index is 12.6. The number of carbonyl (C=O) groups excluding carboxylic acids is 2. The first-order chi connectivity index (χ1) is 12.8. The molecule has 0 aliphatic carbocycles. The maximum absolute atomic E-state index is 12.6. The first-order valence-electron chi connectivity index (χ1n) is 8.34. The van der Waals surface area contributed by atoms with Crippen LogP contribution in [0.3, 0.4) is 0 Å². The number of benzene rings is 2. The Balaban J connectivity index is 1.81. The third-order valence-electron chi connectivity index (χ3n) is 4.12. The Morgan fingerprint density at radius 3 is 2.56 bits per heavy atom. The number of nitrogens with two attached hydrogens (primary N) is 1. The Kier molecular flexibility index (Phi) is 5.28. The average molecular weight is 383 g/mol. The summed E-state index contributed by atoms with van der Waals surface area (Å²) in [6.45, 7) is 4.50. The first-order valence-corrected chi connectivity index (χ1v) is 8.72. The van der Waals surface area contributed by atoms with E-state index in [1.54, 1.807) is 12.1 Å². The summed E-state index contributed by atoms with van der Waals surface area (Å²) in [6, 6.07) is 13.8. The number of carbonyl (C=O) groups is 2. The van der Waals surface area contributed by atoms with Gasteiger partial charge in [-0.15, -0.1) is 0 Å². The summed E-state index contributed by atoms with van der Waals surface area (Å²) in [5, 5.41) is 7.49. The first kappa shape index (κ1) is 18.7. The lowest BCUT2D eigenvalue weighted by Gasteiger charge is -2.10. The van der Waals surface area contributed by atoms with E-state index in [1.807, 2.05) is 36.7 Å². The van der Waals surface area contributed by atoms with Crippen molar-refractivity contribution < 1.29 is 9.59 Å². The third-order valence-corrected chi connectivity index (χ3v) is 4.45. The van der Waals surface area contributed by atoms with Crippen molar-refractivity contribution in [3.05, 3.63) is 81.6 Å². The van der Waals surface area contributed by atoms with Crippen LogP contribution in [-0.4, -0.2) is 21.6 Å². The molecule has 27 heavy (non-hydrogen) atoms. The summed E-state index contributed by atoms with van der Waals surface area (Å²) >= 11 is 6.11. The van der Waals surface area contributed by atoms with E-state index in [2.05, 4.69) is 10.4 Å². The molecule has 2 aromatic carbocycles. The van der Waals surface area contributed by atoms with Gasteiger partial charge in [-0.05, 0) is 55.8 Å². The van der Waals surface area contributed by atoms with E-state index in [9.17, 15) is 9.59 Å². The lowest BCUT2D eigenvalue weighted by atomic mass is 10.1. The van der Waals surface area contributed by atoms with E-state index in [1.165, 1.54) is 18.2 Å². The number of aromatic nitrogens is 2. The van der Waals surface area contributed by atoms with Crippen molar-refractivity contribution in [1.29, 1.82) is 0 Å². The average Bonchev–Trinajstić information content (AvgIpc) is 2.94. The zero-order valence-electron chi connectivity index (χ0n) is 15.0. The van der Waals surface area contributed by atoms with Gasteiger partial charge in [-0.1, -0.05) is 23.7 Å².